The summed E-state index contributed by atoms with van der Waals surface area (Å²) in [5, 5.41) is 1.37. The van der Waals surface area contributed by atoms with Crippen LogP contribution >= 0.6 is 34.2 Å². The molecule has 0 spiro atoms. The van der Waals surface area contributed by atoms with Crippen LogP contribution in [0.2, 0.25) is 5.02 Å². The van der Waals surface area contributed by atoms with E-state index in [1.165, 1.54) is 0 Å². The van der Waals surface area contributed by atoms with Gasteiger partial charge in [-0.2, -0.15) is 0 Å². The number of aromatic nitrogens is 1. The van der Waals surface area contributed by atoms with E-state index in [9.17, 15) is 9.59 Å². The number of aromatic amines is 1. The van der Waals surface area contributed by atoms with Gasteiger partial charge in [-0.25, -0.2) is 4.79 Å². The number of amides is 1. The van der Waals surface area contributed by atoms with E-state index in [1.807, 2.05) is 57.7 Å². The molecule has 1 unspecified atom stereocenters. The average Bonchev–Trinajstić information content (AvgIpc) is 2.79. The van der Waals surface area contributed by atoms with Crippen molar-refractivity contribution < 1.29 is 14.3 Å². The molecule has 1 aromatic heterocycles. The predicted molar refractivity (Wildman–Crippen MR) is 158 cm³/mol. The average molecular weight is 637 g/mol. The molecule has 4 rings (SSSR count). The number of rotatable bonds is 5. The molecular weight excluding hydrogens is 603 g/mol. The fourth-order valence-electron chi connectivity index (χ4n) is 4.95. The van der Waals surface area contributed by atoms with Gasteiger partial charge in [0, 0.05) is 28.0 Å². The summed E-state index contributed by atoms with van der Waals surface area (Å²) in [5.41, 5.74) is 3.32. The third kappa shape index (κ3) is 6.60. The lowest BCUT2D eigenvalue weighted by molar-refractivity contribution is 0.00745. The fraction of sp³-hybridized carbons (Fsp3) is 0.448. The number of ether oxygens (including phenoxy) is 2. The molecule has 0 radical (unpaired) electrons. The van der Waals surface area contributed by atoms with Gasteiger partial charge in [0.15, 0.2) is 0 Å². The molecule has 0 bridgehead atoms. The number of pyridine rings is 1. The first-order valence-electron chi connectivity index (χ1n) is 12.7. The van der Waals surface area contributed by atoms with E-state index in [0.717, 1.165) is 44.9 Å². The maximum atomic E-state index is 13.4. The Kier molecular flexibility index (Phi) is 8.43. The minimum atomic E-state index is -0.543. The second-order valence-electron chi connectivity index (χ2n) is 10.8. The minimum Gasteiger partial charge on any atom is -0.492 e. The van der Waals surface area contributed by atoms with Gasteiger partial charge in [-0.3, -0.25) is 4.79 Å². The van der Waals surface area contributed by atoms with Crippen LogP contribution in [0.5, 0.6) is 5.75 Å². The SMILES string of the molecule is Cc1cc(C)cc(-c2c(OCCC3CCCCN3C(=O)OC(C)(C)C)c3cc(I)c(Cl)cc3[nH]c2=O)c1. The van der Waals surface area contributed by atoms with Crippen LogP contribution in [0.15, 0.2) is 35.1 Å². The number of carbonyl (C=O) groups is 1. The van der Waals surface area contributed by atoms with Crippen LogP contribution in [-0.4, -0.2) is 40.8 Å². The van der Waals surface area contributed by atoms with Crippen molar-refractivity contribution in [2.75, 3.05) is 13.2 Å². The van der Waals surface area contributed by atoms with Gasteiger partial charge in [0.1, 0.15) is 11.4 Å². The van der Waals surface area contributed by atoms with Crippen LogP contribution in [0.3, 0.4) is 0 Å². The van der Waals surface area contributed by atoms with E-state index in [-0.39, 0.29) is 17.7 Å². The van der Waals surface area contributed by atoms with Crippen LogP contribution in [0.1, 0.15) is 57.6 Å². The Morgan fingerprint density at radius 1 is 1.14 bits per heavy atom. The van der Waals surface area contributed by atoms with E-state index in [1.54, 1.807) is 6.07 Å². The summed E-state index contributed by atoms with van der Waals surface area (Å²) in [4.78, 5) is 31.0. The molecule has 6 nitrogen and oxygen atoms in total. The van der Waals surface area contributed by atoms with E-state index in [4.69, 9.17) is 21.1 Å². The highest BCUT2D eigenvalue weighted by molar-refractivity contribution is 14.1. The number of carbonyl (C=O) groups excluding carboxylic acids is 1. The first-order chi connectivity index (χ1) is 17.4. The molecule has 0 saturated carbocycles. The second-order valence-corrected chi connectivity index (χ2v) is 12.4. The lowest BCUT2D eigenvalue weighted by atomic mass is 9.99. The monoisotopic (exact) mass is 636 g/mol. The van der Waals surface area contributed by atoms with E-state index in [2.05, 4.69) is 33.6 Å². The Hall–Kier alpha value is -2.26. The van der Waals surface area contributed by atoms with Crippen LogP contribution in [-0.2, 0) is 4.74 Å². The maximum Gasteiger partial charge on any atom is 0.410 e. The number of nitrogens with one attached hydrogen (secondary N) is 1. The Balaban J connectivity index is 1.68. The maximum absolute atomic E-state index is 13.4. The van der Waals surface area contributed by atoms with Gasteiger partial charge < -0.3 is 19.4 Å². The Bertz CT molecular complexity index is 1360. The summed E-state index contributed by atoms with van der Waals surface area (Å²) in [7, 11) is 0. The molecule has 198 valence electrons. The Morgan fingerprint density at radius 2 is 1.84 bits per heavy atom. The molecule has 1 aliphatic rings. The van der Waals surface area contributed by atoms with Gasteiger partial charge in [-0.15, -0.1) is 0 Å². The first kappa shape index (κ1) is 27.8. The fourth-order valence-corrected chi connectivity index (χ4v) is 5.58. The van der Waals surface area contributed by atoms with Gasteiger partial charge in [0.25, 0.3) is 5.56 Å². The lowest BCUT2D eigenvalue weighted by Crippen LogP contribution is -2.46. The summed E-state index contributed by atoms with van der Waals surface area (Å²) in [6.45, 7) is 10.7. The van der Waals surface area contributed by atoms with Crippen molar-refractivity contribution in [3.8, 4) is 16.9 Å². The molecule has 1 saturated heterocycles. The third-order valence-corrected chi connectivity index (χ3v) is 7.99. The Labute approximate surface area is 236 Å². The van der Waals surface area contributed by atoms with Crippen molar-refractivity contribution in [1.82, 2.24) is 9.88 Å². The van der Waals surface area contributed by atoms with Crippen molar-refractivity contribution in [1.29, 1.82) is 0 Å². The minimum absolute atomic E-state index is 0.0242. The van der Waals surface area contributed by atoms with Gasteiger partial charge in [-0.05, 0) is 94.2 Å². The number of fused-ring (bicyclic) bond motifs is 1. The predicted octanol–water partition coefficient (Wildman–Crippen LogP) is 7.63. The summed E-state index contributed by atoms with van der Waals surface area (Å²) < 4.78 is 13.0. The molecule has 0 aliphatic carbocycles. The summed E-state index contributed by atoms with van der Waals surface area (Å²) in [6, 6.07) is 9.82. The summed E-state index contributed by atoms with van der Waals surface area (Å²) in [5.74, 6) is 0.540. The highest BCUT2D eigenvalue weighted by Crippen LogP contribution is 2.37. The topological polar surface area (TPSA) is 71.6 Å². The van der Waals surface area contributed by atoms with E-state index < -0.39 is 5.60 Å². The Morgan fingerprint density at radius 3 is 2.51 bits per heavy atom. The number of aryl methyl sites for hydroxylation is 2. The number of hydrogen-bond acceptors (Lipinski definition) is 4. The van der Waals surface area contributed by atoms with Crippen molar-refractivity contribution in [3.05, 3.63) is 60.4 Å². The summed E-state index contributed by atoms with van der Waals surface area (Å²) >= 11 is 8.56. The molecule has 1 amide bonds. The zero-order valence-corrected chi connectivity index (χ0v) is 25.0. The van der Waals surface area contributed by atoms with Gasteiger partial charge in [0.2, 0.25) is 0 Å². The highest BCUT2D eigenvalue weighted by atomic mass is 127. The third-order valence-electron chi connectivity index (χ3n) is 6.47. The van der Waals surface area contributed by atoms with Crippen LogP contribution in [0.25, 0.3) is 22.0 Å². The standard InChI is InChI=1S/C29H34ClIN2O4/c1-17-12-18(2)14-19(13-17)25-26(21-15-23(31)22(30)16-24(21)32-27(25)34)36-11-9-20-8-6-7-10-33(20)28(35)37-29(3,4)5/h12-16,20H,6-11H2,1-5H3,(H,32,34). The number of halogens is 2. The van der Waals surface area contributed by atoms with E-state index in [0.29, 0.717) is 41.4 Å². The molecule has 8 heteroatoms. The molecule has 1 N–H and O–H groups in total. The van der Waals surface area contributed by atoms with Crippen molar-refractivity contribution in [2.45, 2.75) is 71.9 Å². The van der Waals surface area contributed by atoms with Crippen molar-refractivity contribution in [3.63, 3.8) is 0 Å². The quantitative estimate of drug-likeness (QED) is 0.293. The number of hydrogen-bond donors (Lipinski definition) is 1. The molecule has 37 heavy (non-hydrogen) atoms. The molecular formula is C29H34ClIN2O4. The van der Waals surface area contributed by atoms with E-state index >= 15 is 0 Å². The lowest BCUT2D eigenvalue weighted by Gasteiger charge is -2.36. The van der Waals surface area contributed by atoms with Gasteiger partial charge >= 0.3 is 6.09 Å². The molecule has 2 heterocycles. The molecule has 2 aromatic carbocycles. The first-order valence-corrected chi connectivity index (χ1v) is 14.1. The molecule has 1 atom stereocenters. The molecule has 1 fully saturated rings. The zero-order chi connectivity index (χ0) is 26.9. The summed E-state index contributed by atoms with van der Waals surface area (Å²) in [6.07, 6.45) is 3.29. The van der Waals surface area contributed by atoms with Gasteiger partial charge in [0.05, 0.1) is 22.7 Å². The number of piperidine rings is 1. The number of benzene rings is 2. The molecule has 3 aromatic rings. The number of H-pyrrole nitrogens is 1. The van der Waals surface area contributed by atoms with Crippen molar-refractivity contribution in [2.24, 2.45) is 0 Å². The van der Waals surface area contributed by atoms with Crippen molar-refractivity contribution >= 4 is 51.2 Å². The smallest absolute Gasteiger partial charge is 0.410 e. The number of likely N-dealkylation sites (tertiary alicyclic amines) is 1. The molecule has 1 aliphatic heterocycles. The van der Waals surface area contributed by atoms with Crippen LogP contribution in [0.4, 0.5) is 4.79 Å². The van der Waals surface area contributed by atoms with Crippen LogP contribution in [0, 0.1) is 17.4 Å². The van der Waals surface area contributed by atoms with Crippen LogP contribution < -0.4 is 10.3 Å². The number of nitrogens with zero attached hydrogens (tertiary/aromatic N) is 1. The normalized spacial score (nSPS) is 16.2. The highest BCUT2D eigenvalue weighted by Gasteiger charge is 2.30. The zero-order valence-electron chi connectivity index (χ0n) is 22.0. The van der Waals surface area contributed by atoms with Gasteiger partial charge in [-0.1, -0.05) is 40.9 Å². The largest absolute Gasteiger partial charge is 0.492 e. The second kappa shape index (κ2) is 11.2.